The molecule has 0 saturated heterocycles. The first kappa shape index (κ1) is 8.32. The molecule has 2 aromatic rings. The van der Waals surface area contributed by atoms with Crippen LogP contribution in [0.15, 0.2) is 24.4 Å². The Morgan fingerprint density at radius 2 is 2.31 bits per heavy atom. The Hall–Kier alpha value is -1.28. The Morgan fingerprint density at radius 1 is 1.46 bits per heavy atom. The van der Waals surface area contributed by atoms with E-state index in [2.05, 4.69) is 4.98 Å². The highest BCUT2D eigenvalue weighted by Crippen LogP contribution is 2.26. The van der Waals surface area contributed by atoms with Crippen molar-refractivity contribution >= 4 is 28.8 Å². The smallest absolute Gasteiger partial charge is 0.203 e. The van der Waals surface area contributed by atoms with Crippen LogP contribution in [-0.2, 0) is 11.2 Å². The molecule has 0 unspecified atom stereocenters. The second-order valence-corrected chi connectivity index (χ2v) is 3.20. The largest absolute Gasteiger partial charge is 0.361 e. The third-order valence-corrected chi connectivity index (χ3v) is 2.31. The van der Waals surface area contributed by atoms with Crippen molar-refractivity contribution in [3.05, 3.63) is 35.0 Å². The normalized spacial score (nSPS) is 10.5. The molecule has 1 aromatic carbocycles. The van der Waals surface area contributed by atoms with E-state index in [-0.39, 0.29) is 6.42 Å². The van der Waals surface area contributed by atoms with Crippen LogP contribution in [0, 0.1) is 0 Å². The summed E-state index contributed by atoms with van der Waals surface area (Å²) in [5.74, 6) is 0. The molecule has 0 aliphatic rings. The van der Waals surface area contributed by atoms with Crippen LogP contribution in [0.5, 0.6) is 0 Å². The Balaban J connectivity index is 2.70. The summed E-state index contributed by atoms with van der Waals surface area (Å²) in [6.07, 6.45) is 3.94. The van der Waals surface area contributed by atoms with Gasteiger partial charge in [0.25, 0.3) is 0 Å². The molecule has 1 radical (unpaired) electrons. The topological polar surface area (TPSA) is 32.9 Å². The average molecular weight is 193 g/mol. The van der Waals surface area contributed by atoms with E-state index in [1.54, 1.807) is 6.20 Å². The molecule has 1 heterocycles. The first-order valence-electron chi connectivity index (χ1n) is 3.92. The van der Waals surface area contributed by atoms with Crippen LogP contribution in [0.25, 0.3) is 10.9 Å². The third-order valence-electron chi connectivity index (χ3n) is 2.00. The SMILES string of the molecule is O=[C]Cc1c[nH]c2cccc(Cl)c12. The zero-order valence-corrected chi connectivity index (χ0v) is 7.56. The van der Waals surface area contributed by atoms with E-state index in [0.29, 0.717) is 5.02 Å². The molecule has 1 N–H and O–H groups in total. The van der Waals surface area contributed by atoms with Gasteiger partial charge >= 0.3 is 0 Å². The maximum absolute atomic E-state index is 10.2. The minimum atomic E-state index is 0.281. The molecule has 0 spiro atoms. The minimum absolute atomic E-state index is 0.281. The van der Waals surface area contributed by atoms with Gasteiger partial charge < -0.3 is 4.98 Å². The maximum Gasteiger partial charge on any atom is 0.203 e. The van der Waals surface area contributed by atoms with E-state index >= 15 is 0 Å². The van der Waals surface area contributed by atoms with E-state index in [9.17, 15) is 4.79 Å². The van der Waals surface area contributed by atoms with Crippen LogP contribution in [0.3, 0.4) is 0 Å². The van der Waals surface area contributed by atoms with Crippen molar-refractivity contribution in [2.75, 3.05) is 0 Å². The summed E-state index contributed by atoms with van der Waals surface area (Å²) in [5, 5.41) is 1.59. The number of fused-ring (bicyclic) bond motifs is 1. The van der Waals surface area contributed by atoms with Gasteiger partial charge in [0.2, 0.25) is 6.29 Å². The summed E-state index contributed by atoms with van der Waals surface area (Å²) in [5.41, 5.74) is 1.85. The fourth-order valence-corrected chi connectivity index (χ4v) is 1.72. The molecular weight excluding hydrogens is 186 g/mol. The van der Waals surface area contributed by atoms with E-state index in [1.807, 2.05) is 24.5 Å². The van der Waals surface area contributed by atoms with Gasteiger partial charge in [-0.25, -0.2) is 0 Å². The second kappa shape index (κ2) is 3.23. The van der Waals surface area contributed by atoms with E-state index in [0.717, 1.165) is 16.5 Å². The van der Waals surface area contributed by atoms with Crippen molar-refractivity contribution in [2.45, 2.75) is 6.42 Å². The molecule has 0 fully saturated rings. The summed E-state index contributed by atoms with van der Waals surface area (Å²) >= 11 is 5.99. The molecule has 3 heteroatoms. The number of hydrogen-bond acceptors (Lipinski definition) is 1. The van der Waals surface area contributed by atoms with Crippen LogP contribution in [0.4, 0.5) is 0 Å². The van der Waals surface area contributed by atoms with E-state index in [4.69, 9.17) is 11.6 Å². The van der Waals surface area contributed by atoms with Crippen molar-refractivity contribution in [3.8, 4) is 0 Å². The molecule has 0 aliphatic carbocycles. The Labute approximate surface area is 80.5 Å². The van der Waals surface area contributed by atoms with Crippen LogP contribution >= 0.6 is 11.6 Å². The minimum Gasteiger partial charge on any atom is -0.361 e. The quantitative estimate of drug-likeness (QED) is 0.779. The number of nitrogens with one attached hydrogen (secondary N) is 1. The van der Waals surface area contributed by atoms with Gasteiger partial charge in [0.1, 0.15) is 0 Å². The molecular formula is C10H7ClNO. The lowest BCUT2D eigenvalue weighted by Gasteiger charge is -1.95. The number of hydrogen-bond donors (Lipinski definition) is 1. The van der Waals surface area contributed by atoms with Crippen LogP contribution in [0.2, 0.25) is 5.02 Å². The Bertz CT molecular complexity index is 447. The predicted molar refractivity (Wildman–Crippen MR) is 52.7 cm³/mol. The molecule has 1 aromatic heterocycles. The number of rotatable bonds is 2. The van der Waals surface area contributed by atoms with Crippen LogP contribution < -0.4 is 0 Å². The van der Waals surface area contributed by atoms with Crippen molar-refractivity contribution < 1.29 is 4.79 Å². The number of halogens is 1. The highest BCUT2D eigenvalue weighted by Gasteiger charge is 2.05. The standard InChI is InChI=1S/C10H7ClNO/c11-8-2-1-3-9-10(8)7(4-5-13)6-12-9/h1-3,6,12H,4H2. The molecule has 2 rings (SSSR count). The van der Waals surface area contributed by atoms with Crippen molar-refractivity contribution in [3.63, 3.8) is 0 Å². The molecule has 0 bridgehead atoms. The van der Waals surface area contributed by atoms with Crippen molar-refractivity contribution in [2.24, 2.45) is 0 Å². The third kappa shape index (κ3) is 1.33. The van der Waals surface area contributed by atoms with Gasteiger partial charge in [-0.15, -0.1) is 0 Å². The monoisotopic (exact) mass is 192 g/mol. The van der Waals surface area contributed by atoms with Gasteiger partial charge in [-0.3, -0.25) is 4.79 Å². The number of aromatic nitrogens is 1. The highest BCUT2D eigenvalue weighted by molar-refractivity contribution is 6.35. The lowest BCUT2D eigenvalue weighted by atomic mass is 10.1. The average Bonchev–Trinajstić information content (AvgIpc) is 2.51. The van der Waals surface area contributed by atoms with Gasteiger partial charge in [0, 0.05) is 23.5 Å². The zero-order valence-electron chi connectivity index (χ0n) is 6.80. The molecule has 0 saturated carbocycles. The van der Waals surface area contributed by atoms with Gasteiger partial charge in [-0.1, -0.05) is 17.7 Å². The summed E-state index contributed by atoms with van der Waals surface area (Å²) in [4.78, 5) is 13.3. The highest BCUT2D eigenvalue weighted by atomic mass is 35.5. The number of carbonyl (C=O) groups excluding carboxylic acids is 1. The fraction of sp³-hybridized carbons (Fsp3) is 0.100. The van der Waals surface area contributed by atoms with E-state index < -0.39 is 0 Å². The first-order chi connectivity index (χ1) is 6.33. The summed E-state index contributed by atoms with van der Waals surface area (Å²) < 4.78 is 0. The Kier molecular flexibility index (Phi) is 2.07. The number of H-pyrrole nitrogens is 1. The molecule has 0 aliphatic heterocycles. The number of benzene rings is 1. The molecule has 13 heavy (non-hydrogen) atoms. The second-order valence-electron chi connectivity index (χ2n) is 2.80. The zero-order chi connectivity index (χ0) is 9.26. The molecule has 0 atom stereocenters. The maximum atomic E-state index is 10.2. The molecule has 2 nitrogen and oxygen atoms in total. The van der Waals surface area contributed by atoms with Gasteiger partial charge in [-0.2, -0.15) is 0 Å². The summed E-state index contributed by atoms with van der Waals surface area (Å²) in [6.45, 7) is 0. The van der Waals surface area contributed by atoms with Gasteiger partial charge in [0.15, 0.2) is 0 Å². The predicted octanol–water partition coefficient (Wildman–Crippen LogP) is 2.47. The lowest BCUT2D eigenvalue weighted by molar-refractivity contribution is 0.555. The fourth-order valence-electron chi connectivity index (χ4n) is 1.42. The van der Waals surface area contributed by atoms with E-state index in [1.165, 1.54) is 0 Å². The number of aromatic amines is 1. The van der Waals surface area contributed by atoms with Gasteiger partial charge in [0.05, 0.1) is 5.02 Å². The summed E-state index contributed by atoms with van der Waals surface area (Å²) in [6, 6.07) is 5.61. The Morgan fingerprint density at radius 3 is 3.08 bits per heavy atom. The van der Waals surface area contributed by atoms with Crippen molar-refractivity contribution in [1.29, 1.82) is 0 Å². The van der Waals surface area contributed by atoms with Crippen LogP contribution in [-0.4, -0.2) is 11.3 Å². The molecule has 65 valence electrons. The first-order valence-corrected chi connectivity index (χ1v) is 4.30. The van der Waals surface area contributed by atoms with Crippen molar-refractivity contribution in [1.82, 2.24) is 4.98 Å². The molecule has 0 amide bonds. The van der Waals surface area contributed by atoms with Crippen LogP contribution in [0.1, 0.15) is 5.56 Å². The van der Waals surface area contributed by atoms with Gasteiger partial charge in [-0.05, 0) is 17.7 Å². The summed E-state index contributed by atoms with van der Waals surface area (Å²) in [7, 11) is 0. The lowest BCUT2D eigenvalue weighted by Crippen LogP contribution is -1.82.